The minimum absolute atomic E-state index is 0.293. The fraction of sp³-hybridized carbons (Fsp3) is 0.375. The maximum atomic E-state index is 4.60. The molecule has 112 valence electrons. The number of benzene rings is 1. The van der Waals surface area contributed by atoms with Crippen molar-refractivity contribution in [3.63, 3.8) is 0 Å². The van der Waals surface area contributed by atoms with E-state index in [9.17, 15) is 0 Å². The van der Waals surface area contributed by atoms with Gasteiger partial charge in [-0.25, -0.2) is 9.97 Å². The van der Waals surface area contributed by atoms with Crippen LogP contribution in [0.5, 0.6) is 0 Å². The first-order valence-corrected chi connectivity index (χ1v) is 8.38. The molecule has 0 fully saturated rings. The van der Waals surface area contributed by atoms with E-state index in [0.717, 1.165) is 29.7 Å². The van der Waals surface area contributed by atoms with Crippen LogP contribution in [0.1, 0.15) is 32.5 Å². The summed E-state index contributed by atoms with van der Waals surface area (Å²) in [6, 6.07) is 10.3. The van der Waals surface area contributed by atoms with Crippen LogP contribution in [0.3, 0.4) is 0 Å². The molecule has 0 aliphatic carbocycles. The van der Waals surface area contributed by atoms with Crippen LogP contribution in [-0.4, -0.2) is 22.8 Å². The van der Waals surface area contributed by atoms with Gasteiger partial charge in [0.2, 0.25) is 0 Å². The Morgan fingerprint density at radius 2 is 1.90 bits per heavy atom. The highest BCUT2D eigenvalue weighted by Gasteiger charge is 2.08. The number of hydrogen-bond acceptors (Lipinski definition) is 5. The van der Waals surface area contributed by atoms with E-state index < -0.39 is 0 Å². The Kier molecular flexibility index (Phi) is 5.44. The lowest BCUT2D eigenvalue weighted by atomic mass is 10.2. The summed E-state index contributed by atoms with van der Waals surface area (Å²) in [6.07, 6.45) is 2.07. The van der Waals surface area contributed by atoms with Crippen LogP contribution in [0.25, 0.3) is 0 Å². The molecule has 0 saturated carbocycles. The molecule has 1 heterocycles. The van der Waals surface area contributed by atoms with Gasteiger partial charge in [0.1, 0.15) is 17.5 Å². The maximum Gasteiger partial charge on any atom is 0.136 e. The van der Waals surface area contributed by atoms with E-state index in [1.807, 2.05) is 18.2 Å². The van der Waals surface area contributed by atoms with Gasteiger partial charge in [-0.3, -0.25) is 0 Å². The van der Waals surface area contributed by atoms with Crippen molar-refractivity contribution in [2.75, 3.05) is 23.4 Å². The molecule has 4 nitrogen and oxygen atoms in total. The van der Waals surface area contributed by atoms with Crippen LogP contribution >= 0.6 is 11.8 Å². The number of thioether (sulfide) groups is 1. The Bertz CT molecular complexity index is 599. The molecule has 21 heavy (non-hydrogen) atoms. The molecule has 1 aromatic heterocycles. The lowest BCUT2D eigenvalue weighted by molar-refractivity contribution is 0.777. The number of hydrogen-bond donors (Lipinski definition) is 2. The van der Waals surface area contributed by atoms with Gasteiger partial charge in [-0.15, -0.1) is 11.8 Å². The topological polar surface area (TPSA) is 49.8 Å². The quantitative estimate of drug-likeness (QED) is 0.770. The van der Waals surface area contributed by atoms with Gasteiger partial charge in [-0.2, -0.15) is 0 Å². The number of nitrogens with one attached hydrogen (secondary N) is 2. The van der Waals surface area contributed by atoms with Crippen molar-refractivity contribution < 1.29 is 0 Å². The largest absolute Gasteiger partial charge is 0.370 e. The van der Waals surface area contributed by atoms with Crippen molar-refractivity contribution in [3.05, 3.63) is 36.2 Å². The highest BCUT2D eigenvalue weighted by atomic mass is 32.2. The van der Waals surface area contributed by atoms with Crippen LogP contribution in [0, 0.1) is 0 Å². The second-order valence-corrected chi connectivity index (χ2v) is 5.92. The van der Waals surface area contributed by atoms with Crippen LogP contribution in [0.4, 0.5) is 17.3 Å². The molecule has 0 amide bonds. The number of nitrogens with zero attached hydrogens (tertiary/aromatic N) is 2. The van der Waals surface area contributed by atoms with Crippen molar-refractivity contribution in [2.24, 2.45) is 0 Å². The zero-order valence-electron chi connectivity index (χ0n) is 13.0. The molecule has 1 aromatic carbocycles. The van der Waals surface area contributed by atoms with Crippen molar-refractivity contribution in [1.29, 1.82) is 0 Å². The zero-order chi connectivity index (χ0) is 15.2. The Morgan fingerprint density at radius 1 is 1.14 bits per heavy atom. The highest BCUT2D eigenvalue weighted by molar-refractivity contribution is 7.98. The normalized spacial score (nSPS) is 10.7. The molecule has 0 atom stereocenters. The van der Waals surface area contributed by atoms with Crippen molar-refractivity contribution in [3.8, 4) is 0 Å². The van der Waals surface area contributed by atoms with Crippen molar-refractivity contribution in [1.82, 2.24) is 9.97 Å². The molecule has 0 aliphatic heterocycles. The molecule has 0 saturated heterocycles. The zero-order valence-corrected chi connectivity index (χ0v) is 13.8. The van der Waals surface area contributed by atoms with Crippen LogP contribution < -0.4 is 10.6 Å². The predicted molar refractivity (Wildman–Crippen MR) is 91.8 cm³/mol. The van der Waals surface area contributed by atoms with Gasteiger partial charge in [-0.1, -0.05) is 19.9 Å². The van der Waals surface area contributed by atoms with Gasteiger partial charge in [0, 0.05) is 29.1 Å². The monoisotopic (exact) mass is 302 g/mol. The van der Waals surface area contributed by atoms with Gasteiger partial charge >= 0.3 is 0 Å². The second kappa shape index (κ2) is 7.31. The molecule has 2 rings (SSSR count). The molecular weight excluding hydrogens is 280 g/mol. The average molecular weight is 302 g/mol. The minimum atomic E-state index is 0.293. The van der Waals surface area contributed by atoms with Crippen LogP contribution in [0.2, 0.25) is 0 Å². The van der Waals surface area contributed by atoms with Crippen LogP contribution in [0.15, 0.2) is 35.2 Å². The van der Waals surface area contributed by atoms with Crippen LogP contribution in [-0.2, 0) is 0 Å². The molecule has 0 spiro atoms. The summed E-state index contributed by atoms with van der Waals surface area (Å²) in [7, 11) is 0. The lowest BCUT2D eigenvalue weighted by Crippen LogP contribution is -2.07. The van der Waals surface area contributed by atoms with E-state index in [1.165, 1.54) is 4.90 Å². The van der Waals surface area contributed by atoms with E-state index in [0.29, 0.717) is 5.92 Å². The molecule has 2 aromatic rings. The third-order valence-electron chi connectivity index (χ3n) is 2.96. The average Bonchev–Trinajstić information content (AvgIpc) is 2.47. The van der Waals surface area contributed by atoms with E-state index >= 15 is 0 Å². The fourth-order valence-corrected chi connectivity index (χ4v) is 2.37. The Labute approximate surface area is 130 Å². The summed E-state index contributed by atoms with van der Waals surface area (Å²) in [6.45, 7) is 7.11. The standard InChI is InChI=1S/C16H22N4S/c1-5-17-14-10-15(20-16(19-14)11(2)3)18-12-7-6-8-13(9-12)21-4/h6-11H,5H2,1-4H3,(H2,17,18,19,20). The summed E-state index contributed by atoms with van der Waals surface area (Å²) >= 11 is 1.73. The molecule has 0 aliphatic rings. The van der Waals surface area contributed by atoms with Gasteiger partial charge in [0.05, 0.1) is 0 Å². The first kappa shape index (κ1) is 15.6. The molecule has 0 unspecified atom stereocenters. The van der Waals surface area contributed by atoms with Gasteiger partial charge in [0.25, 0.3) is 0 Å². The third kappa shape index (κ3) is 4.36. The highest BCUT2D eigenvalue weighted by Crippen LogP contribution is 2.23. The van der Waals surface area contributed by atoms with E-state index in [2.05, 4.69) is 59.8 Å². The summed E-state index contributed by atoms with van der Waals surface area (Å²) in [5.74, 6) is 2.82. The predicted octanol–water partition coefficient (Wildman–Crippen LogP) is 4.50. The molecule has 5 heteroatoms. The SMILES string of the molecule is CCNc1cc(Nc2cccc(SC)c2)nc(C(C)C)n1. The second-order valence-electron chi connectivity index (χ2n) is 5.04. The Morgan fingerprint density at radius 3 is 2.57 bits per heavy atom. The molecule has 0 bridgehead atoms. The van der Waals surface area contributed by atoms with Crippen molar-refractivity contribution >= 4 is 29.1 Å². The molecule has 0 radical (unpaired) electrons. The van der Waals surface area contributed by atoms with E-state index in [1.54, 1.807) is 11.8 Å². The summed E-state index contributed by atoms with van der Waals surface area (Å²) in [4.78, 5) is 10.4. The Hall–Kier alpha value is -1.75. The Balaban J connectivity index is 2.29. The minimum Gasteiger partial charge on any atom is -0.370 e. The molecule has 2 N–H and O–H groups in total. The first-order valence-electron chi connectivity index (χ1n) is 7.16. The van der Waals surface area contributed by atoms with Gasteiger partial charge < -0.3 is 10.6 Å². The smallest absolute Gasteiger partial charge is 0.136 e. The maximum absolute atomic E-state index is 4.60. The summed E-state index contributed by atoms with van der Waals surface area (Å²) in [5.41, 5.74) is 1.04. The number of anilines is 3. The van der Waals surface area contributed by atoms with E-state index in [4.69, 9.17) is 0 Å². The first-order chi connectivity index (χ1) is 10.1. The lowest BCUT2D eigenvalue weighted by Gasteiger charge is -2.12. The van der Waals surface area contributed by atoms with Gasteiger partial charge in [0.15, 0.2) is 0 Å². The number of aromatic nitrogens is 2. The third-order valence-corrected chi connectivity index (χ3v) is 3.69. The molecular formula is C16H22N4S. The van der Waals surface area contributed by atoms with E-state index in [-0.39, 0.29) is 0 Å². The summed E-state index contributed by atoms with van der Waals surface area (Å²) < 4.78 is 0. The fourth-order valence-electron chi connectivity index (χ4n) is 1.91. The van der Waals surface area contributed by atoms with Gasteiger partial charge in [-0.05, 0) is 31.4 Å². The number of rotatable bonds is 6. The van der Waals surface area contributed by atoms with Crippen molar-refractivity contribution in [2.45, 2.75) is 31.6 Å². The summed E-state index contributed by atoms with van der Waals surface area (Å²) in [5, 5.41) is 6.62.